The van der Waals surface area contributed by atoms with Crippen molar-refractivity contribution in [3.05, 3.63) is 35.4 Å². The summed E-state index contributed by atoms with van der Waals surface area (Å²) in [6.45, 7) is 2.28. The quantitative estimate of drug-likeness (QED) is 0.799. The molecule has 0 spiro atoms. The maximum absolute atomic E-state index is 10.8. The van der Waals surface area contributed by atoms with Gasteiger partial charge in [-0.1, -0.05) is 38.3 Å². The molecule has 2 unspecified atom stereocenters. The lowest BCUT2D eigenvalue weighted by Crippen LogP contribution is -2.01. The van der Waals surface area contributed by atoms with Crippen LogP contribution in [0.4, 0.5) is 0 Å². The van der Waals surface area contributed by atoms with Gasteiger partial charge in [-0.05, 0) is 48.8 Å². The van der Waals surface area contributed by atoms with E-state index in [1.54, 1.807) is 12.1 Å². The van der Waals surface area contributed by atoms with Crippen LogP contribution in [0.2, 0.25) is 0 Å². The molecule has 0 bridgehead atoms. The van der Waals surface area contributed by atoms with E-state index in [1.807, 2.05) is 12.1 Å². The summed E-state index contributed by atoms with van der Waals surface area (Å²) >= 11 is 0. The number of aromatic carboxylic acids is 1. The standard InChI is InChI=1S/C16H22O2/c1-2-12-4-3-5-13(7-6-12)14-8-10-15(11-9-14)16(17)18/h8-13H,2-7H2,1H3,(H,17,18). The van der Waals surface area contributed by atoms with Crippen LogP contribution in [0.15, 0.2) is 24.3 Å². The molecule has 18 heavy (non-hydrogen) atoms. The maximum atomic E-state index is 10.8. The first-order chi connectivity index (χ1) is 8.70. The molecule has 2 atom stereocenters. The molecule has 1 N–H and O–H groups in total. The lowest BCUT2D eigenvalue weighted by Gasteiger charge is -2.15. The average Bonchev–Trinajstić information content (AvgIpc) is 2.64. The molecule has 1 aliphatic rings. The van der Waals surface area contributed by atoms with Gasteiger partial charge in [-0.15, -0.1) is 0 Å². The highest BCUT2D eigenvalue weighted by Gasteiger charge is 2.19. The second-order valence-electron chi connectivity index (χ2n) is 5.41. The van der Waals surface area contributed by atoms with Gasteiger partial charge in [-0.2, -0.15) is 0 Å². The van der Waals surface area contributed by atoms with Crippen LogP contribution in [0.5, 0.6) is 0 Å². The van der Waals surface area contributed by atoms with Crippen molar-refractivity contribution in [1.82, 2.24) is 0 Å². The van der Waals surface area contributed by atoms with E-state index in [-0.39, 0.29) is 0 Å². The van der Waals surface area contributed by atoms with Gasteiger partial charge in [0.15, 0.2) is 0 Å². The molecule has 1 fully saturated rings. The van der Waals surface area contributed by atoms with Gasteiger partial charge in [0.05, 0.1) is 5.56 Å². The van der Waals surface area contributed by atoms with E-state index < -0.39 is 5.97 Å². The molecule has 2 nitrogen and oxygen atoms in total. The Kier molecular flexibility index (Phi) is 4.40. The molecule has 0 heterocycles. The predicted molar refractivity (Wildman–Crippen MR) is 73.0 cm³/mol. The monoisotopic (exact) mass is 246 g/mol. The van der Waals surface area contributed by atoms with Crippen molar-refractivity contribution >= 4 is 5.97 Å². The Morgan fingerprint density at radius 1 is 1.17 bits per heavy atom. The zero-order valence-corrected chi connectivity index (χ0v) is 11.1. The molecule has 0 radical (unpaired) electrons. The Bertz CT molecular complexity index is 394. The van der Waals surface area contributed by atoms with Gasteiger partial charge >= 0.3 is 5.97 Å². The first-order valence-corrected chi connectivity index (χ1v) is 7.04. The van der Waals surface area contributed by atoms with Gasteiger partial charge in [0.1, 0.15) is 0 Å². The molecule has 0 aliphatic heterocycles. The lowest BCUT2D eigenvalue weighted by molar-refractivity contribution is 0.0697. The van der Waals surface area contributed by atoms with Crippen LogP contribution in [-0.4, -0.2) is 11.1 Å². The minimum Gasteiger partial charge on any atom is -0.478 e. The summed E-state index contributed by atoms with van der Waals surface area (Å²) in [4.78, 5) is 10.8. The number of hydrogen-bond acceptors (Lipinski definition) is 1. The number of benzene rings is 1. The van der Waals surface area contributed by atoms with Crippen molar-refractivity contribution in [3.8, 4) is 0 Å². The van der Waals surface area contributed by atoms with E-state index in [4.69, 9.17) is 5.11 Å². The molecule has 1 saturated carbocycles. The topological polar surface area (TPSA) is 37.3 Å². The van der Waals surface area contributed by atoms with Crippen LogP contribution in [0.25, 0.3) is 0 Å². The summed E-state index contributed by atoms with van der Waals surface area (Å²) in [7, 11) is 0. The SMILES string of the molecule is CCC1CCCC(c2ccc(C(=O)O)cc2)CC1. The Hall–Kier alpha value is -1.31. The fourth-order valence-corrected chi connectivity index (χ4v) is 3.02. The number of hydrogen-bond donors (Lipinski definition) is 1. The highest BCUT2D eigenvalue weighted by atomic mass is 16.4. The first kappa shape index (κ1) is 13.1. The van der Waals surface area contributed by atoms with Crippen molar-refractivity contribution in [2.24, 2.45) is 5.92 Å². The molecule has 1 aromatic carbocycles. The van der Waals surface area contributed by atoms with Crippen molar-refractivity contribution in [3.63, 3.8) is 0 Å². The first-order valence-electron chi connectivity index (χ1n) is 7.04. The predicted octanol–water partition coefficient (Wildman–Crippen LogP) is 4.46. The van der Waals surface area contributed by atoms with Crippen LogP contribution in [0.1, 0.15) is 67.3 Å². The number of rotatable bonds is 3. The van der Waals surface area contributed by atoms with E-state index in [0.717, 1.165) is 5.92 Å². The second kappa shape index (κ2) is 6.03. The number of carboxylic acid groups (broad SMARTS) is 1. The number of carbonyl (C=O) groups is 1. The number of carboxylic acids is 1. The second-order valence-corrected chi connectivity index (χ2v) is 5.41. The third-order valence-electron chi connectivity index (χ3n) is 4.29. The molecule has 98 valence electrons. The summed E-state index contributed by atoms with van der Waals surface area (Å²) in [6.07, 6.45) is 7.80. The summed E-state index contributed by atoms with van der Waals surface area (Å²) in [5.41, 5.74) is 1.70. The van der Waals surface area contributed by atoms with E-state index >= 15 is 0 Å². The summed E-state index contributed by atoms with van der Waals surface area (Å²) in [5, 5.41) is 8.90. The lowest BCUT2D eigenvalue weighted by atomic mass is 9.90. The molecule has 2 rings (SSSR count). The van der Waals surface area contributed by atoms with Crippen molar-refractivity contribution in [2.75, 3.05) is 0 Å². The van der Waals surface area contributed by atoms with Gasteiger partial charge in [-0.3, -0.25) is 0 Å². The molecule has 0 amide bonds. The average molecular weight is 246 g/mol. The minimum absolute atomic E-state index is 0.388. The highest BCUT2D eigenvalue weighted by Crippen LogP contribution is 2.35. The van der Waals surface area contributed by atoms with Crippen LogP contribution in [0, 0.1) is 5.92 Å². The molecule has 1 aliphatic carbocycles. The smallest absolute Gasteiger partial charge is 0.335 e. The fraction of sp³-hybridized carbons (Fsp3) is 0.562. The summed E-state index contributed by atoms with van der Waals surface area (Å²) in [5.74, 6) is 0.686. The van der Waals surface area contributed by atoms with Gasteiger partial charge in [0.2, 0.25) is 0 Å². The molecule has 0 saturated heterocycles. The Morgan fingerprint density at radius 2 is 1.89 bits per heavy atom. The van der Waals surface area contributed by atoms with E-state index in [9.17, 15) is 4.79 Å². The maximum Gasteiger partial charge on any atom is 0.335 e. The molecular formula is C16H22O2. The Morgan fingerprint density at radius 3 is 2.50 bits per heavy atom. The molecule has 0 aromatic heterocycles. The Labute approximate surface area is 109 Å². The highest BCUT2D eigenvalue weighted by molar-refractivity contribution is 5.87. The summed E-state index contributed by atoms with van der Waals surface area (Å²) in [6, 6.07) is 7.47. The van der Waals surface area contributed by atoms with Crippen LogP contribution in [0.3, 0.4) is 0 Å². The Balaban J connectivity index is 2.04. The minimum atomic E-state index is -0.839. The normalized spacial score (nSPS) is 24.5. The molecule has 2 heteroatoms. The fourth-order valence-electron chi connectivity index (χ4n) is 3.02. The van der Waals surface area contributed by atoms with Crippen LogP contribution >= 0.6 is 0 Å². The van der Waals surface area contributed by atoms with Crippen LogP contribution in [-0.2, 0) is 0 Å². The largest absolute Gasteiger partial charge is 0.478 e. The van der Waals surface area contributed by atoms with Gasteiger partial charge in [-0.25, -0.2) is 4.79 Å². The zero-order valence-electron chi connectivity index (χ0n) is 11.1. The summed E-state index contributed by atoms with van der Waals surface area (Å²) < 4.78 is 0. The van der Waals surface area contributed by atoms with E-state index in [0.29, 0.717) is 11.5 Å². The third kappa shape index (κ3) is 3.12. The van der Waals surface area contributed by atoms with Crippen molar-refractivity contribution in [2.45, 2.75) is 51.4 Å². The molecule has 1 aromatic rings. The van der Waals surface area contributed by atoms with Gasteiger partial charge in [0.25, 0.3) is 0 Å². The van der Waals surface area contributed by atoms with E-state index in [1.165, 1.54) is 44.1 Å². The molecular weight excluding hydrogens is 224 g/mol. The van der Waals surface area contributed by atoms with Crippen molar-refractivity contribution < 1.29 is 9.90 Å². The van der Waals surface area contributed by atoms with Crippen molar-refractivity contribution in [1.29, 1.82) is 0 Å². The van der Waals surface area contributed by atoms with Gasteiger partial charge < -0.3 is 5.11 Å². The van der Waals surface area contributed by atoms with Gasteiger partial charge in [0, 0.05) is 0 Å². The van der Waals surface area contributed by atoms with E-state index in [2.05, 4.69) is 6.92 Å². The zero-order chi connectivity index (χ0) is 13.0. The third-order valence-corrected chi connectivity index (χ3v) is 4.29. The van der Waals surface area contributed by atoms with Crippen LogP contribution < -0.4 is 0 Å².